The van der Waals surface area contributed by atoms with Crippen LogP contribution in [0.3, 0.4) is 0 Å². The van der Waals surface area contributed by atoms with Gasteiger partial charge in [-0.2, -0.15) is 23.4 Å². The van der Waals surface area contributed by atoms with Crippen LogP contribution < -0.4 is 5.32 Å². The van der Waals surface area contributed by atoms with Crippen molar-refractivity contribution in [2.45, 2.75) is 19.6 Å². The van der Waals surface area contributed by atoms with Crippen LogP contribution in [0.1, 0.15) is 22.3 Å². The molecule has 1 aromatic carbocycles. The number of fused-ring (bicyclic) bond motifs is 1. The van der Waals surface area contributed by atoms with Gasteiger partial charge in [0.2, 0.25) is 0 Å². The van der Waals surface area contributed by atoms with E-state index in [-0.39, 0.29) is 21.0 Å². The molecular weight excluding hydrogens is 451 g/mol. The summed E-state index contributed by atoms with van der Waals surface area (Å²) < 4.78 is 43.5. The summed E-state index contributed by atoms with van der Waals surface area (Å²) in [5.74, 6) is -0.390. The molecule has 11 heteroatoms. The van der Waals surface area contributed by atoms with Crippen molar-refractivity contribution in [1.29, 1.82) is 0 Å². The first kappa shape index (κ1) is 21.4. The molecule has 4 aromatic rings. The van der Waals surface area contributed by atoms with Crippen LogP contribution in [-0.4, -0.2) is 32.0 Å². The van der Waals surface area contributed by atoms with Gasteiger partial charge in [-0.25, -0.2) is 4.68 Å². The van der Waals surface area contributed by atoms with Gasteiger partial charge in [0, 0.05) is 24.7 Å². The summed E-state index contributed by atoms with van der Waals surface area (Å²) >= 11 is 6.82. The molecule has 0 aliphatic heterocycles. The Balaban J connectivity index is 1.56. The Morgan fingerprint density at radius 3 is 2.68 bits per heavy atom. The normalized spacial score (nSPS) is 12.9. The van der Waals surface area contributed by atoms with E-state index in [1.54, 1.807) is 41.2 Å². The molecule has 0 spiro atoms. The van der Waals surface area contributed by atoms with Gasteiger partial charge in [0.25, 0.3) is 5.91 Å². The second kappa shape index (κ2) is 8.35. The van der Waals surface area contributed by atoms with Crippen LogP contribution in [0, 0.1) is 5.92 Å². The van der Waals surface area contributed by atoms with Gasteiger partial charge in [-0.3, -0.25) is 9.48 Å². The minimum Gasteiger partial charge on any atom is -0.351 e. The number of hydrogen-bond donors (Lipinski definition) is 1. The first-order chi connectivity index (χ1) is 14.7. The Kier molecular flexibility index (Phi) is 5.76. The van der Waals surface area contributed by atoms with E-state index in [9.17, 15) is 18.0 Å². The van der Waals surface area contributed by atoms with Crippen molar-refractivity contribution in [1.82, 2.24) is 24.9 Å². The molecule has 1 amide bonds. The standard InChI is InChI=1S/C20H17ClF3N5OS/c1-12(10-28-11-13(21)9-26-28)8-25-18(30)16-7-15-17(20(22,23)24)27-29(19(15)31-16)14-5-3-2-4-6-14/h2-7,9,11-12H,8,10H2,1H3,(H,25,30)/t12-/m0/s1. The van der Waals surface area contributed by atoms with E-state index in [1.165, 1.54) is 16.9 Å². The van der Waals surface area contributed by atoms with Crippen molar-refractivity contribution >= 4 is 39.1 Å². The molecule has 4 rings (SSSR count). The topological polar surface area (TPSA) is 64.7 Å². The number of alkyl halides is 3. The minimum absolute atomic E-state index is 0.0415. The summed E-state index contributed by atoms with van der Waals surface area (Å²) in [7, 11) is 0. The molecule has 0 saturated carbocycles. The van der Waals surface area contributed by atoms with Gasteiger partial charge in [-0.05, 0) is 24.1 Å². The van der Waals surface area contributed by atoms with Gasteiger partial charge in [-0.1, -0.05) is 36.7 Å². The Hall–Kier alpha value is -2.85. The number of hydrogen-bond acceptors (Lipinski definition) is 4. The highest BCUT2D eigenvalue weighted by atomic mass is 35.5. The summed E-state index contributed by atoms with van der Waals surface area (Å²) in [5.41, 5.74) is -0.520. The van der Waals surface area contributed by atoms with Crippen molar-refractivity contribution in [3.8, 4) is 5.69 Å². The summed E-state index contributed by atoms with van der Waals surface area (Å²) in [4.78, 5) is 13.1. The summed E-state index contributed by atoms with van der Waals surface area (Å²) in [6.07, 6.45) is -1.43. The number of thiophene rings is 1. The van der Waals surface area contributed by atoms with Crippen LogP contribution in [0.4, 0.5) is 13.2 Å². The lowest BCUT2D eigenvalue weighted by Gasteiger charge is -2.12. The molecule has 1 N–H and O–H groups in total. The lowest BCUT2D eigenvalue weighted by molar-refractivity contribution is -0.140. The maximum Gasteiger partial charge on any atom is 0.435 e. The zero-order valence-electron chi connectivity index (χ0n) is 16.2. The minimum atomic E-state index is -4.63. The van der Waals surface area contributed by atoms with Crippen molar-refractivity contribution in [2.24, 2.45) is 5.92 Å². The van der Waals surface area contributed by atoms with E-state index < -0.39 is 17.8 Å². The predicted molar refractivity (Wildman–Crippen MR) is 113 cm³/mol. The fourth-order valence-corrected chi connectivity index (χ4v) is 4.35. The van der Waals surface area contributed by atoms with Crippen molar-refractivity contribution in [3.05, 3.63) is 64.4 Å². The molecule has 0 fully saturated rings. The molecule has 0 radical (unpaired) electrons. The molecule has 3 heterocycles. The lowest BCUT2D eigenvalue weighted by Crippen LogP contribution is -2.29. The molecule has 31 heavy (non-hydrogen) atoms. The molecule has 162 valence electrons. The average molecular weight is 468 g/mol. The second-order valence-electron chi connectivity index (χ2n) is 7.12. The van der Waals surface area contributed by atoms with Crippen LogP contribution in [0.2, 0.25) is 5.02 Å². The zero-order valence-corrected chi connectivity index (χ0v) is 17.8. The highest BCUT2D eigenvalue weighted by molar-refractivity contribution is 7.20. The van der Waals surface area contributed by atoms with Crippen LogP contribution in [0.25, 0.3) is 15.9 Å². The number of nitrogens with zero attached hydrogens (tertiary/aromatic N) is 4. The Morgan fingerprint density at radius 1 is 1.29 bits per heavy atom. The van der Waals surface area contributed by atoms with Gasteiger partial charge >= 0.3 is 6.18 Å². The third kappa shape index (κ3) is 4.59. The Labute approximate surface area is 184 Å². The van der Waals surface area contributed by atoms with Gasteiger partial charge < -0.3 is 5.32 Å². The van der Waals surface area contributed by atoms with Crippen molar-refractivity contribution < 1.29 is 18.0 Å². The Bertz CT molecular complexity index is 1210. The van der Waals surface area contributed by atoms with Crippen molar-refractivity contribution in [3.63, 3.8) is 0 Å². The molecule has 1 atom stereocenters. The molecule has 3 aromatic heterocycles. The number of carbonyl (C=O) groups excluding carboxylic acids is 1. The fraction of sp³-hybridized carbons (Fsp3) is 0.250. The van der Waals surface area contributed by atoms with Gasteiger partial charge in [0.05, 0.1) is 21.8 Å². The second-order valence-corrected chi connectivity index (χ2v) is 8.59. The number of amides is 1. The van der Waals surface area contributed by atoms with E-state index >= 15 is 0 Å². The third-order valence-corrected chi connectivity index (χ3v) is 5.87. The van der Waals surface area contributed by atoms with Crippen LogP contribution in [0.15, 0.2) is 48.8 Å². The maximum absolute atomic E-state index is 13.5. The first-order valence-electron chi connectivity index (χ1n) is 9.33. The Morgan fingerprint density at radius 2 is 2.03 bits per heavy atom. The maximum atomic E-state index is 13.5. The number of benzene rings is 1. The zero-order chi connectivity index (χ0) is 22.2. The largest absolute Gasteiger partial charge is 0.435 e. The molecule has 0 bridgehead atoms. The average Bonchev–Trinajstić information content (AvgIpc) is 3.41. The molecule has 0 aliphatic carbocycles. The first-order valence-corrected chi connectivity index (χ1v) is 10.5. The van der Waals surface area contributed by atoms with Gasteiger partial charge in [0.15, 0.2) is 5.69 Å². The monoisotopic (exact) mass is 467 g/mol. The van der Waals surface area contributed by atoms with Crippen molar-refractivity contribution in [2.75, 3.05) is 6.54 Å². The summed E-state index contributed by atoms with van der Waals surface area (Å²) in [6.45, 7) is 2.80. The van der Waals surface area contributed by atoms with E-state index in [0.29, 0.717) is 23.8 Å². The molecule has 6 nitrogen and oxygen atoms in total. The summed E-state index contributed by atoms with van der Waals surface area (Å²) in [6, 6.07) is 9.77. The number of rotatable bonds is 6. The molecular formula is C20H17ClF3N5OS. The van der Waals surface area contributed by atoms with E-state index in [2.05, 4.69) is 15.5 Å². The van der Waals surface area contributed by atoms with Crippen LogP contribution in [0.5, 0.6) is 0 Å². The van der Waals surface area contributed by atoms with E-state index in [4.69, 9.17) is 11.6 Å². The number of halogens is 4. The fourth-order valence-electron chi connectivity index (χ4n) is 3.15. The SMILES string of the molecule is C[C@@H](CNC(=O)c1cc2c(C(F)(F)F)nn(-c3ccccc3)c2s1)Cn1cc(Cl)cn1. The number of carbonyl (C=O) groups is 1. The lowest BCUT2D eigenvalue weighted by atomic mass is 10.2. The number of aromatic nitrogens is 4. The molecule has 0 aliphatic rings. The van der Waals surface area contributed by atoms with Crippen LogP contribution >= 0.6 is 22.9 Å². The number of para-hydroxylation sites is 1. The summed E-state index contributed by atoms with van der Waals surface area (Å²) in [5, 5.41) is 11.1. The molecule has 0 unspecified atom stereocenters. The van der Waals surface area contributed by atoms with Gasteiger partial charge in [-0.15, -0.1) is 11.3 Å². The highest BCUT2D eigenvalue weighted by Gasteiger charge is 2.38. The third-order valence-electron chi connectivity index (χ3n) is 4.56. The molecule has 0 saturated heterocycles. The predicted octanol–water partition coefficient (Wildman–Crippen LogP) is 5.02. The van der Waals surface area contributed by atoms with E-state index in [0.717, 1.165) is 11.3 Å². The highest BCUT2D eigenvalue weighted by Crippen LogP contribution is 2.38. The van der Waals surface area contributed by atoms with Gasteiger partial charge in [0.1, 0.15) is 4.83 Å². The number of nitrogens with one attached hydrogen (secondary N) is 1. The smallest absolute Gasteiger partial charge is 0.351 e. The van der Waals surface area contributed by atoms with Crippen LogP contribution in [-0.2, 0) is 12.7 Å². The van der Waals surface area contributed by atoms with E-state index in [1.807, 2.05) is 6.92 Å². The quantitative estimate of drug-likeness (QED) is 0.433.